The van der Waals surface area contributed by atoms with Crippen LogP contribution >= 0.6 is 0 Å². The minimum atomic E-state index is -0.444. The minimum absolute atomic E-state index is 0.444. The van der Waals surface area contributed by atoms with Gasteiger partial charge in [-0.15, -0.1) is 0 Å². The number of aryl methyl sites for hydroxylation is 1. The molecule has 5 aromatic carbocycles. The molecule has 0 fully saturated rings. The molecule has 1 heterocycles. The molecule has 5 aromatic rings. The Morgan fingerprint density at radius 2 is 1.06 bits per heavy atom. The van der Waals surface area contributed by atoms with Gasteiger partial charge >= 0.3 is 0 Å². The van der Waals surface area contributed by atoms with Crippen LogP contribution in [0.1, 0.15) is 27.8 Å². The molecule has 34 heavy (non-hydrogen) atoms. The van der Waals surface area contributed by atoms with Crippen molar-refractivity contribution in [2.24, 2.45) is 0 Å². The fourth-order valence-corrected chi connectivity index (χ4v) is 5.62. The van der Waals surface area contributed by atoms with Gasteiger partial charge in [0, 0.05) is 0 Å². The molecular weight excluding hydrogens is 416 g/mol. The van der Waals surface area contributed by atoms with E-state index in [2.05, 4.69) is 110 Å². The first-order valence-corrected chi connectivity index (χ1v) is 11.6. The molecule has 0 aromatic heterocycles. The monoisotopic (exact) mass is 438 g/mol. The van der Waals surface area contributed by atoms with Crippen LogP contribution in [0.4, 0.5) is 0 Å². The Morgan fingerprint density at radius 3 is 1.79 bits per heavy atom. The highest BCUT2D eigenvalue weighted by atomic mass is 16.6. The molecule has 0 bridgehead atoms. The maximum absolute atomic E-state index is 6.40. The third-order valence-corrected chi connectivity index (χ3v) is 7.06. The number of hydrogen-bond donors (Lipinski definition) is 0. The van der Waals surface area contributed by atoms with Crippen molar-refractivity contribution in [1.82, 2.24) is 0 Å². The van der Waals surface area contributed by atoms with Gasteiger partial charge in [0.15, 0.2) is 23.0 Å². The summed E-state index contributed by atoms with van der Waals surface area (Å²) in [6, 6.07) is 40.7. The van der Waals surface area contributed by atoms with Crippen LogP contribution in [0.25, 0.3) is 11.1 Å². The summed E-state index contributed by atoms with van der Waals surface area (Å²) in [5.74, 6) is 3.01. The molecule has 0 N–H and O–H groups in total. The molecule has 162 valence electrons. The molecule has 2 heteroatoms. The molecular formula is C32H22O2. The highest BCUT2D eigenvalue weighted by molar-refractivity contribution is 5.88. The Hall–Kier alpha value is -4.30. The zero-order valence-electron chi connectivity index (χ0n) is 18.8. The van der Waals surface area contributed by atoms with Crippen molar-refractivity contribution in [3.05, 3.63) is 143 Å². The topological polar surface area (TPSA) is 18.5 Å². The summed E-state index contributed by atoms with van der Waals surface area (Å²) < 4.78 is 12.7. The van der Waals surface area contributed by atoms with E-state index in [1.165, 1.54) is 33.4 Å². The van der Waals surface area contributed by atoms with Crippen LogP contribution in [-0.2, 0) is 5.41 Å². The van der Waals surface area contributed by atoms with Crippen molar-refractivity contribution in [2.45, 2.75) is 12.3 Å². The molecule has 0 radical (unpaired) electrons. The lowest BCUT2D eigenvalue weighted by atomic mass is 9.67. The first-order chi connectivity index (χ1) is 16.7. The zero-order valence-corrected chi connectivity index (χ0v) is 18.8. The summed E-state index contributed by atoms with van der Waals surface area (Å²) >= 11 is 0. The van der Waals surface area contributed by atoms with Gasteiger partial charge in [-0.25, -0.2) is 0 Å². The second kappa shape index (κ2) is 7.10. The van der Waals surface area contributed by atoms with Crippen LogP contribution in [-0.4, -0.2) is 0 Å². The van der Waals surface area contributed by atoms with Crippen LogP contribution < -0.4 is 9.47 Å². The van der Waals surface area contributed by atoms with E-state index in [1.807, 2.05) is 12.1 Å². The second-order valence-corrected chi connectivity index (χ2v) is 9.03. The smallest absolute Gasteiger partial charge is 0.170 e. The van der Waals surface area contributed by atoms with E-state index in [0.29, 0.717) is 0 Å². The number of fused-ring (bicyclic) bond motifs is 5. The van der Waals surface area contributed by atoms with E-state index in [0.717, 1.165) is 28.6 Å². The summed E-state index contributed by atoms with van der Waals surface area (Å²) in [4.78, 5) is 0. The van der Waals surface area contributed by atoms with Gasteiger partial charge in [-0.3, -0.25) is 0 Å². The Morgan fingerprint density at radius 1 is 0.471 bits per heavy atom. The van der Waals surface area contributed by atoms with Crippen molar-refractivity contribution in [1.29, 1.82) is 0 Å². The molecule has 0 saturated heterocycles. The Bertz CT molecular complexity index is 1510. The lowest BCUT2D eigenvalue weighted by Crippen LogP contribution is -2.28. The first-order valence-electron chi connectivity index (χ1n) is 11.6. The van der Waals surface area contributed by atoms with Crippen molar-refractivity contribution >= 4 is 0 Å². The van der Waals surface area contributed by atoms with Crippen molar-refractivity contribution in [2.75, 3.05) is 0 Å². The molecule has 2 aliphatic rings. The Kier molecular flexibility index (Phi) is 4.01. The summed E-state index contributed by atoms with van der Waals surface area (Å²) in [6.45, 7) is 2.06. The third-order valence-electron chi connectivity index (χ3n) is 7.06. The lowest BCUT2D eigenvalue weighted by molar-refractivity contribution is 0.359. The maximum Gasteiger partial charge on any atom is 0.170 e. The van der Waals surface area contributed by atoms with E-state index in [1.54, 1.807) is 0 Å². The van der Waals surface area contributed by atoms with Gasteiger partial charge in [-0.05, 0) is 70.1 Å². The van der Waals surface area contributed by atoms with Crippen LogP contribution in [0.15, 0.2) is 115 Å². The van der Waals surface area contributed by atoms with Gasteiger partial charge in [0.25, 0.3) is 0 Å². The number of hydrogen-bond acceptors (Lipinski definition) is 2. The highest BCUT2D eigenvalue weighted by Crippen LogP contribution is 2.59. The molecule has 0 atom stereocenters. The molecule has 7 rings (SSSR count). The van der Waals surface area contributed by atoms with E-state index in [4.69, 9.17) is 9.47 Å². The maximum atomic E-state index is 6.40. The van der Waals surface area contributed by atoms with E-state index in [9.17, 15) is 0 Å². The normalized spacial score (nSPS) is 14.1. The summed E-state index contributed by atoms with van der Waals surface area (Å²) in [5.41, 5.74) is 8.07. The molecule has 0 amide bonds. The lowest BCUT2D eigenvalue weighted by Gasteiger charge is -2.34. The number of ether oxygens (including phenoxy) is 2. The van der Waals surface area contributed by atoms with Crippen molar-refractivity contribution in [3.8, 4) is 34.1 Å². The predicted octanol–water partition coefficient (Wildman–Crippen LogP) is 8.26. The Balaban J connectivity index is 1.55. The highest BCUT2D eigenvalue weighted by Gasteiger charge is 2.47. The van der Waals surface area contributed by atoms with Gasteiger partial charge in [0.1, 0.15) is 0 Å². The third kappa shape index (κ3) is 2.57. The van der Waals surface area contributed by atoms with E-state index < -0.39 is 5.41 Å². The molecule has 0 spiro atoms. The molecule has 2 nitrogen and oxygen atoms in total. The zero-order chi connectivity index (χ0) is 22.7. The molecule has 0 saturated carbocycles. The Labute approximate surface area is 199 Å². The summed E-state index contributed by atoms with van der Waals surface area (Å²) in [7, 11) is 0. The van der Waals surface area contributed by atoms with E-state index in [-0.39, 0.29) is 0 Å². The molecule has 1 aliphatic heterocycles. The quantitative estimate of drug-likeness (QED) is 0.270. The average molecular weight is 439 g/mol. The summed E-state index contributed by atoms with van der Waals surface area (Å²) in [5, 5.41) is 0. The fraction of sp³-hybridized carbons (Fsp3) is 0.0625. The van der Waals surface area contributed by atoms with Crippen molar-refractivity contribution in [3.63, 3.8) is 0 Å². The van der Waals surface area contributed by atoms with Crippen LogP contribution in [0, 0.1) is 6.92 Å². The van der Waals surface area contributed by atoms with Crippen LogP contribution in [0.3, 0.4) is 0 Å². The number of benzene rings is 5. The van der Waals surface area contributed by atoms with Crippen molar-refractivity contribution < 1.29 is 9.47 Å². The summed E-state index contributed by atoms with van der Waals surface area (Å²) in [6.07, 6.45) is 0. The van der Waals surface area contributed by atoms with Gasteiger partial charge in [-0.2, -0.15) is 0 Å². The van der Waals surface area contributed by atoms with Crippen LogP contribution in [0.2, 0.25) is 0 Å². The fourth-order valence-electron chi connectivity index (χ4n) is 5.62. The van der Waals surface area contributed by atoms with Gasteiger partial charge in [0.2, 0.25) is 0 Å². The SMILES string of the molecule is Cc1ccc2c(c1)Oc1cc3c(cc1O2)C(c1ccccc1)(c1ccccc1)c1ccccc1-3. The predicted molar refractivity (Wildman–Crippen MR) is 135 cm³/mol. The van der Waals surface area contributed by atoms with Crippen LogP contribution in [0.5, 0.6) is 23.0 Å². The van der Waals surface area contributed by atoms with Gasteiger partial charge in [-0.1, -0.05) is 91.0 Å². The first kappa shape index (κ1) is 19.2. The largest absolute Gasteiger partial charge is 0.450 e. The molecule has 0 unspecified atom stereocenters. The van der Waals surface area contributed by atoms with E-state index >= 15 is 0 Å². The van der Waals surface area contributed by atoms with Gasteiger partial charge < -0.3 is 9.47 Å². The standard InChI is InChI=1S/C32H22O2/c1-21-16-17-28-29(18-21)34-30-19-25-24-14-8-9-15-26(24)32(22-10-4-2-5-11-22,23-12-6-3-7-13-23)27(25)20-31(30)33-28/h2-20H,1H3. The average Bonchev–Trinajstić information content (AvgIpc) is 3.17. The molecule has 1 aliphatic carbocycles. The second-order valence-electron chi connectivity index (χ2n) is 9.03. The number of rotatable bonds is 2. The van der Waals surface area contributed by atoms with Gasteiger partial charge in [0.05, 0.1) is 5.41 Å². The minimum Gasteiger partial charge on any atom is -0.450 e.